The zero-order chi connectivity index (χ0) is 8.31. The smallest absolute Gasteiger partial charge is 0.0699 e. The summed E-state index contributed by atoms with van der Waals surface area (Å²) in [6.45, 7) is 11.1. The molecule has 3 atom stereocenters. The standard InChI is InChI=1S/C9H19B/c1-6(2)7(3)8(4)9(5)10/h6-9H,1-5H3. The van der Waals surface area contributed by atoms with Crippen molar-refractivity contribution in [1.29, 1.82) is 0 Å². The van der Waals surface area contributed by atoms with E-state index in [-0.39, 0.29) is 0 Å². The average Bonchev–Trinajstić information content (AvgIpc) is 1.84. The Morgan fingerprint density at radius 3 is 1.30 bits per heavy atom. The van der Waals surface area contributed by atoms with E-state index in [0.29, 0.717) is 11.7 Å². The molecule has 0 saturated heterocycles. The Morgan fingerprint density at radius 1 is 0.800 bits per heavy atom. The summed E-state index contributed by atoms with van der Waals surface area (Å²) in [6.07, 6.45) is 0. The van der Waals surface area contributed by atoms with Crippen molar-refractivity contribution < 1.29 is 0 Å². The van der Waals surface area contributed by atoms with Crippen LogP contribution in [0.5, 0.6) is 0 Å². The van der Waals surface area contributed by atoms with E-state index in [1.807, 2.05) is 0 Å². The molecule has 0 aliphatic heterocycles. The van der Waals surface area contributed by atoms with Gasteiger partial charge in [0, 0.05) is 0 Å². The third kappa shape index (κ3) is 2.77. The highest BCUT2D eigenvalue weighted by molar-refractivity contribution is 6.11. The molecular formula is C9H19B. The molecule has 0 bridgehead atoms. The zero-order valence-electron chi connectivity index (χ0n) is 7.89. The quantitative estimate of drug-likeness (QED) is 0.526. The normalized spacial score (nSPS) is 20.6. The average molecular weight is 138 g/mol. The van der Waals surface area contributed by atoms with E-state index in [1.165, 1.54) is 0 Å². The SMILES string of the molecule is [B]C(C)C(C)C(C)C(C)C. The molecule has 58 valence electrons. The second-order valence-corrected chi connectivity index (χ2v) is 3.82. The fourth-order valence-electron chi connectivity index (χ4n) is 1.09. The molecule has 1 heteroatoms. The van der Waals surface area contributed by atoms with Crippen molar-refractivity contribution in [3.8, 4) is 0 Å². The summed E-state index contributed by atoms with van der Waals surface area (Å²) in [6, 6.07) is 0. The summed E-state index contributed by atoms with van der Waals surface area (Å²) in [5, 5.41) is 0. The molecule has 0 spiro atoms. The fourth-order valence-corrected chi connectivity index (χ4v) is 1.09. The molecule has 0 rings (SSSR count). The monoisotopic (exact) mass is 138 g/mol. The number of hydrogen-bond acceptors (Lipinski definition) is 0. The van der Waals surface area contributed by atoms with Crippen molar-refractivity contribution in [2.75, 3.05) is 0 Å². The molecule has 0 heterocycles. The summed E-state index contributed by atoms with van der Waals surface area (Å²) in [4.78, 5) is 0. The van der Waals surface area contributed by atoms with Crippen LogP contribution < -0.4 is 0 Å². The van der Waals surface area contributed by atoms with Crippen LogP contribution in [0.1, 0.15) is 34.6 Å². The molecular weight excluding hydrogens is 119 g/mol. The minimum Gasteiger partial charge on any atom is -0.0774 e. The molecule has 3 unspecified atom stereocenters. The highest BCUT2D eigenvalue weighted by Gasteiger charge is 2.17. The van der Waals surface area contributed by atoms with Gasteiger partial charge in [-0.05, 0) is 17.8 Å². The molecule has 0 aromatic carbocycles. The zero-order valence-corrected chi connectivity index (χ0v) is 7.89. The van der Waals surface area contributed by atoms with Gasteiger partial charge in [0.1, 0.15) is 0 Å². The Hall–Kier alpha value is 0.0649. The van der Waals surface area contributed by atoms with Crippen molar-refractivity contribution >= 4 is 7.85 Å². The molecule has 0 aromatic rings. The summed E-state index contributed by atoms with van der Waals surface area (Å²) in [7, 11) is 5.77. The van der Waals surface area contributed by atoms with Crippen LogP contribution >= 0.6 is 0 Å². The third-order valence-corrected chi connectivity index (χ3v) is 2.71. The maximum atomic E-state index is 5.77. The van der Waals surface area contributed by atoms with Gasteiger partial charge in [-0.25, -0.2) is 0 Å². The Balaban J connectivity index is 3.81. The van der Waals surface area contributed by atoms with Crippen LogP contribution in [0.15, 0.2) is 0 Å². The van der Waals surface area contributed by atoms with Crippen LogP contribution in [0.25, 0.3) is 0 Å². The molecule has 0 nitrogen and oxygen atoms in total. The number of hydrogen-bond donors (Lipinski definition) is 0. The topological polar surface area (TPSA) is 0 Å². The second kappa shape index (κ2) is 4.05. The second-order valence-electron chi connectivity index (χ2n) is 3.82. The minimum absolute atomic E-state index is 0.331. The first-order chi connectivity index (χ1) is 4.46. The van der Waals surface area contributed by atoms with E-state index >= 15 is 0 Å². The maximum Gasteiger partial charge on any atom is 0.0699 e. The largest absolute Gasteiger partial charge is 0.0774 e. The summed E-state index contributed by atoms with van der Waals surface area (Å²) in [5.74, 6) is 2.46. The van der Waals surface area contributed by atoms with Gasteiger partial charge in [-0.15, -0.1) is 0 Å². The molecule has 0 aliphatic rings. The van der Waals surface area contributed by atoms with Gasteiger partial charge in [-0.3, -0.25) is 0 Å². The van der Waals surface area contributed by atoms with Gasteiger partial charge in [0.2, 0.25) is 0 Å². The van der Waals surface area contributed by atoms with Crippen molar-refractivity contribution in [3.63, 3.8) is 0 Å². The lowest BCUT2D eigenvalue weighted by Crippen LogP contribution is -2.17. The molecule has 0 saturated carbocycles. The molecule has 0 fully saturated rings. The van der Waals surface area contributed by atoms with E-state index in [4.69, 9.17) is 7.85 Å². The highest BCUT2D eigenvalue weighted by Crippen LogP contribution is 2.27. The Bertz CT molecular complexity index is 74.7. The van der Waals surface area contributed by atoms with Crippen molar-refractivity contribution in [1.82, 2.24) is 0 Å². The van der Waals surface area contributed by atoms with Gasteiger partial charge in [0.15, 0.2) is 0 Å². The highest BCUT2D eigenvalue weighted by atomic mass is 14.2. The molecule has 0 aliphatic carbocycles. The summed E-state index contributed by atoms with van der Waals surface area (Å²) >= 11 is 0. The molecule has 0 amide bonds. The van der Waals surface area contributed by atoms with E-state index in [0.717, 1.165) is 11.8 Å². The van der Waals surface area contributed by atoms with Gasteiger partial charge in [-0.1, -0.05) is 40.4 Å². The first-order valence-electron chi connectivity index (χ1n) is 4.22. The van der Waals surface area contributed by atoms with Crippen LogP contribution in [0, 0.1) is 17.8 Å². The minimum atomic E-state index is 0.331. The van der Waals surface area contributed by atoms with E-state index in [2.05, 4.69) is 34.6 Å². The molecule has 0 N–H and O–H groups in total. The van der Waals surface area contributed by atoms with Gasteiger partial charge in [0.25, 0.3) is 0 Å². The van der Waals surface area contributed by atoms with Crippen molar-refractivity contribution in [3.05, 3.63) is 0 Å². The van der Waals surface area contributed by atoms with Gasteiger partial charge in [-0.2, -0.15) is 0 Å². The molecule has 2 radical (unpaired) electrons. The van der Waals surface area contributed by atoms with Gasteiger partial charge >= 0.3 is 0 Å². The Labute approximate surface area is 66.8 Å². The predicted octanol–water partition coefficient (Wildman–Crippen LogP) is 2.89. The van der Waals surface area contributed by atoms with Crippen LogP contribution in [0.4, 0.5) is 0 Å². The predicted molar refractivity (Wildman–Crippen MR) is 48.3 cm³/mol. The summed E-state index contributed by atoms with van der Waals surface area (Å²) < 4.78 is 0. The van der Waals surface area contributed by atoms with E-state index in [1.54, 1.807) is 0 Å². The van der Waals surface area contributed by atoms with Crippen LogP contribution in [0.2, 0.25) is 5.82 Å². The van der Waals surface area contributed by atoms with Crippen LogP contribution in [0.3, 0.4) is 0 Å². The van der Waals surface area contributed by atoms with Gasteiger partial charge in [0.05, 0.1) is 7.85 Å². The Kier molecular flexibility index (Phi) is 4.08. The fraction of sp³-hybridized carbons (Fsp3) is 1.00. The van der Waals surface area contributed by atoms with Crippen LogP contribution in [-0.2, 0) is 0 Å². The third-order valence-electron chi connectivity index (χ3n) is 2.71. The summed E-state index contributed by atoms with van der Waals surface area (Å²) in [5.41, 5.74) is 0. The first-order valence-corrected chi connectivity index (χ1v) is 4.22. The van der Waals surface area contributed by atoms with Crippen molar-refractivity contribution in [2.24, 2.45) is 17.8 Å². The number of rotatable bonds is 3. The van der Waals surface area contributed by atoms with Crippen LogP contribution in [-0.4, -0.2) is 7.85 Å². The maximum absolute atomic E-state index is 5.77. The van der Waals surface area contributed by atoms with E-state index < -0.39 is 0 Å². The van der Waals surface area contributed by atoms with Crippen molar-refractivity contribution in [2.45, 2.75) is 40.4 Å². The lowest BCUT2D eigenvalue weighted by atomic mass is 9.70. The first kappa shape index (κ1) is 10.1. The Morgan fingerprint density at radius 2 is 1.20 bits per heavy atom. The lowest BCUT2D eigenvalue weighted by molar-refractivity contribution is 0.290. The van der Waals surface area contributed by atoms with Gasteiger partial charge < -0.3 is 0 Å². The lowest BCUT2D eigenvalue weighted by Gasteiger charge is -2.26. The van der Waals surface area contributed by atoms with E-state index in [9.17, 15) is 0 Å². The molecule has 0 aromatic heterocycles. The molecule has 10 heavy (non-hydrogen) atoms.